The molecule has 0 saturated carbocycles. The van der Waals surface area contributed by atoms with Crippen LogP contribution >= 0.6 is 0 Å². The number of rotatable bonds is 11. The summed E-state index contributed by atoms with van der Waals surface area (Å²) < 4.78 is 6.78. The Hall–Kier alpha value is -2.68. The van der Waals surface area contributed by atoms with Crippen LogP contribution in [0, 0.1) is 0 Å². The lowest BCUT2D eigenvalue weighted by atomic mass is 9.93. The van der Waals surface area contributed by atoms with Gasteiger partial charge in [-0.25, -0.2) is 0 Å². The van der Waals surface area contributed by atoms with Crippen LogP contribution in [0.3, 0.4) is 0 Å². The molecule has 34 heavy (non-hydrogen) atoms. The summed E-state index contributed by atoms with van der Waals surface area (Å²) in [5.41, 5.74) is 7.85. The molecule has 8 heteroatoms. The number of aromatic hydroxyl groups is 1. The molecule has 186 valence electrons. The largest absolute Gasteiger partial charge is 0.506 e. The van der Waals surface area contributed by atoms with Crippen LogP contribution in [-0.2, 0) is 15.6 Å². The van der Waals surface area contributed by atoms with Gasteiger partial charge in [-0.15, -0.1) is 0 Å². The van der Waals surface area contributed by atoms with Crippen molar-refractivity contribution in [1.29, 1.82) is 0 Å². The Morgan fingerprint density at radius 1 is 1.15 bits per heavy atom. The molecule has 0 aliphatic rings. The molecule has 0 spiro atoms. The number of nitrogens with one attached hydrogen (secondary N) is 2. The standard InChI is InChI=1S/C26H39N3O4Si/c1-25(2,3)34(6,7)33-23(19-11-12-22(31)21(14-19)28-17-30)16-29-26(4,5)15-18-9-8-10-20(13-18)24(27)32/h8-14,17,23,29,31H,15-16H2,1-7H3,(H2,27,32)(H,28,30)/t23-/m0/s1. The van der Waals surface area contributed by atoms with Crippen LogP contribution in [0.15, 0.2) is 42.5 Å². The van der Waals surface area contributed by atoms with Crippen molar-refractivity contribution in [2.75, 3.05) is 11.9 Å². The number of carbonyl (C=O) groups excluding carboxylic acids is 2. The molecule has 2 amide bonds. The molecule has 0 heterocycles. The quantitative estimate of drug-likeness (QED) is 0.209. The molecule has 0 aromatic heterocycles. The summed E-state index contributed by atoms with van der Waals surface area (Å²) >= 11 is 0. The first-order valence-electron chi connectivity index (χ1n) is 11.5. The summed E-state index contributed by atoms with van der Waals surface area (Å²) in [6, 6.07) is 12.5. The number of carbonyl (C=O) groups is 2. The lowest BCUT2D eigenvalue weighted by Gasteiger charge is -2.40. The molecule has 5 N–H and O–H groups in total. The zero-order chi connectivity index (χ0) is 25.7. The molecule has 0 radical (unpaired) electrons. The Labute approximate surface area is 204 Å². The SMILES string of the molecule is CC(C)(Cc1cccc(C(N)=O)c1)NC[C@H](O[Si](C)(C)C(C)(C)C)c1ccc(O)c(NC=O)c1. The van der Waals surface area contributed by atoms with Gasteiger partial charge in [-0.1, -0.05) is 39.0 Å². The fourth-order valence-electron chi connectivity index (χ4n) is 3.47. The van der Waals surface area contributed by atoms with E-state index >= 15 is 0 Å². The highest BCUT2D eigenvalue weighted by Crippen LogP contribution is 2.40. The molecule has 1 atom stereocenters. The van der Waals surface area contributed by atoms with E-state index in [4.69, 9.17) is 10.2 Å². The monoisotopic (exact) mass is 485 g/mol. The number of anilines is 1. The number of benzene rings is 2. The molecule has 2 rings (SSSR count). The van der Waals surface area contributed by atoms with Crippen LogP contribution in [0.25, 0.3) is 0 Å². The zero-order valence-electron chi connectivity index (χ0n) is 21.4. The fraction of sp³-hybridized carbons (Fsp3) is 0.462. The Balaban J connectivity index is 2.29. The number of phenolic OH excluding ortho intramolecular Hbond substituents is 1. The van der Waals surface area contributed by atoms with Crippen molar-refractivity contribution in [2.45, 2.75) is 70.8 Å². The van der Waals surface area contributed by atoms with Gasteiger partial charge in [-0.2, -0.15) is 0 Å². The molecule has 7 nitrogen and oxygen atoms in total. The van der Waals surface area contributed by atoms with Crippen molar-refractivity contribution < 1.29 is 19.1 Å². The molecule has 0 aliphatic carbocycles. The second-order valence-electron chi connectivity index (χ2n) is 10.9. The van der Waals surface area contributed by atoms with Gasteiger partial charge in [0.2, 0.25) is 12.3 Å². The zero-order valence-corrected chi connectivity index (χ0v) is 22.4. The maximum absolute atomic E-state index is 11.6. The van der Waals surface area contributed by atoms with E-state index in [1.165, 1.54) is 0 Å². The first kappa shape index (κ1) is 27.6. The van der Waals surface area contributed by atoms with Crippen LogP contribution in [0.5, 0.6) is 5.75 Å². The van der Waals surface area contributed by atoms with Crippen molar-refractivity contribution in [3.8, 4) is 5.75 Å². The van der Waals surface area contributed by atoms with E-state index in [1.807, 2.05) is 24.3 Å². The first-order chi connectivity index (χ1) is 15.6. The van der Waals surface area contributed by atoms with Gasteiger partial charge in [0.1, 0.15) is 5.75 Å². The van der Waals surface area contributed by atoms with Gasteiger partial charge in [0.05, 0.1) is 11.8 Å². The number of primary amides is 1. The fourth-order valence-corrected chi connectivity index (χ4v) is 4.75. The molecule has 0 unspecified atom stereocenters. The maximum Gasteiger partial charge on any atom is 0.248 e. The number of amides is 2. The topological polar surface area (TPSA) is 114 Å². The number of hydrogen-bond acceptors (Lipinski definition) is 5. The number of nitrogens with two attached hydrogens (primary N) is 1. The van der Waals surface area contributed by atoms with Crippen molar-refractivity contribution >= 4 is 26.3 Å². The van der Waals surface area contributed by atoms with Gasteiger partial charge in [0.25, 0.3) is 0 Å². The Morgan fingerprint density at radius 2 is 1.82 bits per heavy atom. The number of hydrogen-bond donors (Lipinski definition) is 4. The minimum atomic E-state index is -2.13. The average Bonchev–Trinajstić information content (AvgIpc) is 2.72. The minimum absolute atomic E-state index is 0.00421. The normalized spacial score (nSPS) is 13.4. The van der Waals surface area contributed by atoms with Crippen molar-refractivity contribution in [3.63, 3.8) is 0 Å². The van der Waals surface area contributed by atoms with Crippen LogP contribution in [0.2, 0.25) is 18.1 Å². The lowest BCUT2D eigenvalue weighted by Crippen LogP contribution is -2.47. The molecule has 2 aromatic rings. The summed E-state index contributed by atoms with van der Waals surface area (Å²) in [5, 5.41) is 16.3. The van der Waals surface area contributed by atoms with Gasteiger partial charge < -0.3 is 25.9 Å². The third-order valence-electron chi connectivity index (χ3n) is 6.47. The smallest absolute Gasteiger partial charge is 0.248 e. The maximum atomic E-state index is 11.6. The molecule has 0 fully saturated rings. The van der Waals surface area contributed by atoms with Crippen LogP contribution in [-0.4, -0.2) is 37.8 Å². The summed E-state index contributed by atoms with van der Waals surface area (Å²) in [5.74, 6) is -0.438. The number of phenols is 1. The summed E-state index contributed by atoms with van der Waals surface area (Å²) in [7, 11) is -2.13. The Bertz CT molecular complexity index is 1020. The summed E-state index contributed by atoms with van der Waals surface area (Å²) in [6.07, 6.45) is 0.948. The van der Waals surface area contributed by atoms with Crippen LogP contribution < -0.4 is 16.4 Å². The second kappa shape index (κ2) is 10.7. The average molecular weight is 486 g/mol. The highest BCUT2D eigenvalue weighted by molar-refractivity contribution is 6.74. The van der Waals surface area contributed by atoms with Crippen molar-refractivity contribution in [1.82, 2.24) is 5.32 Å². The van der Waals surface area contributed by atoms with E-state index in [-0.39, 0.29) is 22.4 Å². The van der Waals surface area contributed by atoms with Crippen LogP contribution in [0.4, 0.5) is 5.69 Å². The molecule has 2 aromatic carbocycles. The van der Waals surface area contributed by atoms with E-state index < -0.39 is 14.2 Å². The summed E-state index contributed by atoms with van der Waals surface area (Å²) in [6.45, 7) is 15.7. The Morgan fingerprint density at radius 3 is 2.41 bits per heavy atom. The van der Waals surface area contributed by atoms with E-state index in [2.05, 4.69) is 58.3 Å². The van der Waals surface area contributed by atoms with E-state index in [1.54, 1.807) is 18.2 Å². The van der Waals surface area contributed by atoms with Gasteiger partial charge in [-0.3, -0.25) is 9.59 Å². The molecule has 0 saturated heterocycles. The first-order valence-corrected chi connectivity index (χ1v) is 14.4. The molecule has 0 aliphatic heterocycles. The second-order valence-corrected chi connectivity index (χ2v) is 15.7. The predicted molar refractivity (Wildman–Crippen MR) is 140 cm³/mol. The van der Waals surface area contributed by atoms with E-state index in [9.17, 15) is 14.7 Å². The predicted octanol–water partition coefficient (Wildman–Crippen LogP) is 4.73. The highest BCUT2D eigenvalue weighted by atomic mass is 28.4. The van der Waals surface area contributed by atoms with Gasteiger partial charge in [-0.05, 0) is 73.8 Å². The minimum Gasteiger partial charge on any atom is -0.506 e. The van der Waals surface area contributed by atoms with E-state index in [0.29, 0.717) is 30.6 Å². The Kier molecular flexibility index (Phi) is 8.68. The molecular formula is C26H39N3O4Si. The highest BCUT2D eigenvalue weighted by Gasteiger charge is 2.39. The van der Waals surface area contributed by atoms with Crippen LogP contribution in [0.1, 0.15) is 62.2 Å². The van der Waals surface area contributed by atoms with Gasteiger partial charge in [0, 0.05) is 17.6 Å². The lowest BCUT2D eigenvalue weighted by molar-refractivity contribution is -0.105. The van der Waals surface area contributed by atoms with E-state index in [0.717, 1.165) is 11.1 Å². The van der Waals surface area contributed by atoms with Gasteiger partial charge >= 0.3 is 0 Å². The molecular weight excluding hydrogens is 446 g/mol. The van der Waals surface area contributed by atoms with Crippen molar-refractivity contribution in [3.05, 3.63) is 59.2 Å². The third-order valence-corrected chi connectivity index (χ3v) is 11.0. The molecule has 0 bridgehead atoms. The summed E-state index contributed by atoms with van der Waals surface area (Å²) in [4.78, 5) is 22.5. The van der Waals surface area contributed by atoms with Crippen molar-refractivity contribution in [2.24, 2.45) is 5.73 Å². The third kappa shape index (κ3) is 7.41. The van der Waals surface area contributed by atoms with Gasteiger partial charge in [0.15, 0.2) is 8.32 Å².